The van der Waals surface area contributed by atoms with E-state index in [0.29, 0.717) is 11.3 Å². The van der Waals surface area contributed by atoms with Crippen molar-refractivity contribution in [1.82, 2.24) is 19.8 Å². The molecule has 0 unspecified atom stereocenters. The van der Waals surface area contributed by atoms with Crippen molar-refractivity contribution in [3.63, 3.8) is 0 Å². The normalized spacial score (nSPS) is 11.0. The second kappa shape index (κ2) is 7.47. The summed E-state index contributed by atoms with van der Waals surface area (Å²) < 4.78 is 1.73. The third-order valence-electron chi connectivity index (χ3n) is 5.22. The molecule has 6 nitrogen and oxygen atoms in total. The van der Waals surface area contributed by atoms with Gasteiger partial charge in [-0.1, -0.05) is 43.3 Å². The monoisotopic (exact) mass is 385 g/mol. The number of benzene rings is 2. The van der Waals surface area contributed by atoms with Gasteiger partial charge in [-0.05, 0) is 56.0 Å². The zero-order valence-electron chi connectivity index (χ0n) is 17.0. The lowest BCUT2D eigenvalue weighted by molar-refractivity contribution is 0.102. The van der Waals surface area contributed by atoms with Gasteiger partial charge in [-0.15, -0.1) is 10.2 Å². The Labute approximate surface area is 169 Å². The van der Waals surface area contributed by atoms with E-state index in [1.807, 2.05) is 69.3 Å². The minimum Gasteiger partial charge on any atom is -0.321 e. The molecule has 0 aliphatic rings. The SMILES string of the molecule is CCc1nn2c(C)c(C(=O)Nc3ccc(C)c(C)c3)nnc2c1-c1ccccc1. The molecule has 0 atom stereocenters. The first kappa shape index (κ1) is 18.8. The molecule has 6 heteroatoms. The first-order valence-corrected chi connectivity index (χ1v) is 9.68. The summed E-state index contributed by atoms with van der Waals surface area (Å²) in [5, 5.41) is 16.3. The Morgan fingerprint density at radius 1 is 1.00 bits per heavy atom. The number of carbonyl (C=O) groups is 1. The van der Waals surface area contributed by atoms with Crippen LogP contribution in [0.15, 0.2) is 48.5 Å². The summed E-state index contributed by atoms with van der Waals surface area (Å²) in [6.07, 6.45) is 0.761. The molecule has 4 aromatic rings. The van der Waals surface area contributed by atoms with Crippen molar-refractivity contribution < 1.29 is 4.79 Å². The first-order valence-electron chi connectivity index (χ1n) is 9.68. The van der Waals surface area contributed by atoms with Crippen LogP contribution < -0.4 is 5.32 Å². The quantitative estimate of drug-likeness (QED) is 0.560. The van der Waals surface area contributed by atoms with E-state index >= 15 is 0 Å². The van der Waals surface area contributed by atoms with E-state index in [1.165, 1.54) is 5.56 Å². The Bertz CT molecular complexity index is 1210. The third-order valence-corrected chi connectivity index (χ3v) is 5.22. The molecule has 2 aromatic carbocycles. The largest absolute Gasteiger partial charge is 0.321 e. The molecule has 0 aliphatic carbocycles. The van der Waals surface area contributed by atoms with Crippen molar-refractivity contribution in [3.8, 4) is 11.1 Å². The van der Waals surface area contributed by atoms with E-state index in [2.05, 4.69) is 22.4 Å². The maximum absolute atomic E-state index is 12.9. The van der Waals surface area contributed by atoms with Crippen molar-refractivity contribution in [2.45, 2.75) is 34.1 Å². The molecule has 0 bridgehead atoms. The summed E-state index contributed by atoms with van der Waals surface area (Å²) >= 11 is 0. The summed E-state index contributed by atoms with van der Waals surface area (Å²) in [6.45, 7) is 7.96. The van der Waals surface area contributed by atoms with Crippen LogP contribution in [0.25, 0.3) is 16.8 Å². The molecule has 4 rings (SSSR count). The van der Waals surface area contributed by atoms with Gasteiger partial charge in [-0.25, -0.2) is 4.52 Å². The average Bonchev–Trinajstić information content (AvgIpc) is 3.11. The highest BCUT2D eigenvalue weighted by molar-refractivity contribution is 6.03. The third kappa shape index (κ3) is 3.38. The van der Waals surface area contributed by atoms with E-state index in [1.54, 1.807) is 4.52 Å². The smallest absolute Gasteiger partial charge is 0.278 e. The standard InChI is InChI=1S/C23H23N5O/c1-5-19-20(17-9-7-6-8-10-17)22-26-25-21(16(4)28(22)27-19)23(29)24-18-12-11-14(2)15(3)13-18/h6-13H,5H2,1-4H3,(H,24,29). The van der Waals surface area contributed by atoms with Gasteiger partial charge in [-0.3, -0.25) is 4.79 Å². The number of fused-ring (bicyclic) bond motifs is 1. The second-order valence-electron chi connectivity index (χ2n) is 7.16. The lowest BCUT2D eigenvalue weighted by Crippen LogP contribution is -2.18. The summed E-state index contributed by atoms with van der Waals surface area (Å²) in [6, 6.07) is 15.9. The Balaban J connectivity index is 1.76. The van der Waals surface area contributed by atoms with Gasteiger partial charge in [0, 0.05) is 5.69 Å². The van der Waals surface area contributed by atoms with Crippen LogP contribution in [-0.4, -0.2) is 25.7 Å². The average molecular weight is 385 g/mol. The molecule has 2 heterocycles. The lowest BCUT2D eigenvalue weighted by Gasteiger charge is -2.09. The highest BCUT2D eigenvalue weighted by Gasteiger charge is 2.21. The minimum atomic E-state index is -0.296. The van der Waals surface area contributed by atoms with Crippen LogP contribution in [0.5, 0.6) is 0 Å². The fourth-order valence-electron chi connectivity index (χ4n) is 3.42. The van der Waals surface area contributed by atoms with Crippen molar-refractivity contribution in [2.24, 2.45) is 0 Å². The molecule has 0 fully saturated rings. The zero-order chi connectivity index (χ0) is 20.5. The van der Waals surface area contributed by atoms with Gasteiger partial charge < -0.3 is 5.32 Å². The van der Waals surface area contributed by atoms with Crippen molar-refractivity contribution in [2.75, 3.05) is 5.32 Å². The maximum atomic E-state index is 12.9. The summed E-state index contributed by atoms with van der Waals surface area (Å²) in [4.78, 5) is 12.9. The number of amides is 1. The first-order chi connectivity index (χ1) is 14.0. The van der Waals surface area contributed by atoms with Gasteiger partial charge in [0.15, 0.2) is 11.3 Å². The topological polar surface area (TPSA) is 72.2 Å². The number of carbonyl (C=O) groups excluding carboxylic acids is 1. The fourth-order valence-corrected chi connectivity index (χ4v) is 3.42. The van der Waals surface area contributed by atoms with Gasteiger partial charge in [0.2, 0.25) is 0 Å². The maximum Gasteiger partial charge on any atom is 0.278 e. The van der Waals surface area contributed by atoms with Gasteiger partial charge in [0.1, 0.15) is 0 Å². The highest BCUT2D eigenvalue weighted by Crippen LogP contribution is 2.28. The van der Waals surface area contributed by atoms with E-state index in [4.69, 9.17) is 5.10 Å². The summed E-state index contributed by atoms with van der Waals surface area (Å²) in [5.41, 5.74) is 7.55. The van der Waals surface area contributed by atoms with E-state index in [0.717, 1.165) is 34.5 Å². The number of aromatic nitrogens is 4. The Hall–Kier alpha value is -3.54. The number of hydrogen-bond acceptors (Lipinski definition) is 4. The predicted molar refractivity (Wildman–Crippen MR) is 114 cm³/mol. The zero-order valence-corrected chi connectivity index (χ0v) is 17.0. The van der Waals surface area contributed by atoms with E-state index < -0.39 is 0 Å². The number of hydrogen-bond donors (Lipinski definition) is 1. The van der Waals surface area contributed by atoms with Crippen LogP contribution >= 0.6 is 0 Å². The van der Waals surface area contributed by atoms with Gasteiger partial charge in [-0.2, -0.15) is 5.10 Å². The molecule has 0 spiro atoms. The molecular weight excluding hydrogens is 362 g/mol. The highest BCUT2D eigenvalue weighted by atomic mass is 16.2. The molecule has 0 saturated heterocycles. The van der Waals surface area contributed by atoms with Crippen molar-refractivity contribution >= 4 is 17.2 Å². The second-order valence-corrected chi connectivity index (χ2v) is 7.16. The molecule has 146 valence electrons. The van der Waals surface area contributed by atoms with Crippen LogP contribution in [0, 0.1) is 20.8 Å². The van der Waals surface area contributed by atoms with Crippen LogP contribution in [0.4, 0.5) is 5.69 Å². The number of anilines is 1. The Morgan fingerprint density at radius 3 is 2.45 bits per heavy atom. The van der Waals surface area contributed by atoms with Crippen LogP contribution in [0.2, 0.25) is 0 Å². The number of rotatable bonds is 4. The van der Waals surface area contributed by atoms with Gasteiger partial charge >= 0.3 is 0 Å². The molecule has 0 aliphatic heterocycles. The van der Waals surface area contributed by atoms with Crippen LogP contribution in [0.3, 0.4) is 0 Å². The lowest BCUT2D eigenvalue weighted by atomic mass is 10.0. The molecular formula is C23H23N5O. The molecule has 0 radical (unpaired) electrons. The number of nitrogens with one attached hydrogen (secondary N) is 1. The van der Waals surface area contributed by atoms with E-state index in [9.17, 15) is 4.79 Å². The van der Waals surface area contributed by atoms with Crippen molar-refractivity contribution in [1.29, 1.82) is 0 Å². The molecule has 2 aromatic heterocycles. The predicted octanol–water partition coefficient (Wildman–Crippen LogP) is 4.53. The Kier molecular flexibility index (Phi) is 4.84. The van der Waals surface area contributed by atoms with Gasteiger partial charge in [0.05, 0.1) is 17.0 Å². The number of nitrogens with zero attached hydrogens (tertiary/aromatic N) is 4. The molecule has 1 N–H and O–H groups in total. The fraction of sp³-hybridized carbons (Fsp3) is 0.217. The Morgan fingerprint density at radius 2 is 1.76 bits per heavy atom. The summed E-state index contributed by atoms with van der Waals surface area (Å²) in [5.74, 6) is -0.296. The van der Waals surface area contributed by atoms with E-state index in [-0.39, 0.29) is 11.6 Å². The molecule has 1 amide bonds. The van der Waals surface area contributed by atoms with Crippen LogP contribution in [0.1, 0.15) is 39.9 Å². The molecule has 29 heavy (non-hydrogen) atoms. The molecule has 0 saturated carbocycles. The summed E-state index contributed by atoms with van der Waals surface area (Å²) in [7, 11) is 0. The minimum absolute atomic E-state index is 0.264. The van der Waals surface area contributed by atoms with Gasteiger partial charge in [0.25, 0.3) is 5.91 Å². The van der Waals surface area contributed by atoms with Crippen LogP contribution in [-0.2, 0) is 6.42 Å². The number of aryl methyl sites for hydroxylation is 4. The van der Waals surface area contributed by atoms with Crippen molar-refractivity contribution in [3.05, 3.63) is 76.7 Å².